The molecule has 1 heterocycles. The first-order chi connectivity index (χ1) is 13.3. The van der Waals surface area contributed by atoms with Crippen LogP contribution in [0.1, 0.15) is 28.8 Å². The van der Waals surface area contributed by atoms with Crippen molar-refractivity contribution in [1.82, 2.24) is 0 Å². The molecule has 1 saturated heterocycles. The number of carbonyl (C=O) groups is 1. The molecule has 2 aromatic rings. The van der Waals surface area contributed by atoms with E-state index in [4.69, 9.17) is 21.1 Å². The molecule has 0 unspecified atom stereocenters. The number of sulfonamides is 1. The number of hydrogen-bond donors (Lipinski definition) is 1. The Morgan fingerprint density at radius 3 is 2.82 bits per heavy atom. The van der Waals surface area contributed by atoms with Gasteiger partial charge in [-0.2, -0.15) is 0 Å². The quantitative estimate of drug-likeness (QED) is 0.603. The number of hydrogen-bond acceptors (Lipinski definition) is 5. The second-order valence-electron chi connectivity index (χ2n) is 6.46. The van der Waals surface area contributed by atoms with Gasteiger partial charge in [0.2, 0.25) is 0 Å². The van der Waals surface area contributed by atoms with E-state index in [-0.39, 0.29) is 28.2 Å². The van der Waals surface area contributed by atoms with Crippen LogP contribution in [0.2, 0.25) is 5.02 Å². The molecule has 0 aromatic heterocycles. The van der Waals surface area contributed by atoms with Crippen LogP contribution in [0, 0.1) is 6.92 Å². The van der Waals surface area contributed by atoms with Gasteiger partial charge in [-0.1, -0.05) is 17.7 Å². The first-order valence-electron chi connectivity index (χ1n) is 8.63. The number of esters is 1. The number of nitrogens with one attached hydrogen (secondary N) is 1. The van der Waals surface area contributed by atoms with Crippen molar-refractivity contribution in [2.75, 3.05) is 17.9 Å². The van der Waals surface area contributed by atoms with Gasteiger partial charge in [0.1, 0.15) is 6.61 Å². The van der Waals surface area contributed by atoms with E-state index in [2.05, 4.69) is 20.7 Å². The van der Waals surface area contributed by atoms with Crippen LogP contribution in [-0.4, -0.2) is 33.7 Å². The van der Waals surface area contributed by atoms with Gasteiger partial charge >= 0.3 is 5.97 Å². The Labute approximate surface area is 177 Å². The molecule has 1 N–H and O–H groups in total. The first kappa shape index (κ1) is 21.1. The number of ether oxygens (including phenoxy) is 2. The Kier molecular flexibility index (Phi) is 6.65. The summed E-state index contributed by atoms with van der Waals surface area (Å²) in [6, 6.07) is 9.23. The van der Waals surface area contributed by atoms with E-state index in [1.54, 1.807) is 12.1 Å². The topological polar surface area (TPSA) is 81.7 Å². The molecule has 0 aliphatic carbocycles. The summed E-state index contributed by atoms with van der Waals surface area (Å²) in [7, 11) is -3.93. The Balaban J connectivity index is 1.80. The second-order valence-corrected chi connectivity index (χ2v) is 9.41. The van der Waals surface area contributed by atoms with Crippen molar-refractivity contribution in [3.63, 3.8) is 0 Å². The molecule has 3 rings (SSSR count). The molecule has 1 aliphatic rings. The highest BCUT2D eigenvalue weighted by molar-refractivity contribution is 9.10. The number of benzene rings is 2. The van der Waals surface area contributed by atoms with Crippen molar-refractivity contribution < 1.29 is 22.7 Å². The van der Waals surface area contributed by atoms with Crippen LogP contribution in [0.4, 0.5) is 5.69 Å². The number of halogens is 2. The van der Waals surface area contributed by atoms with Crippen LogP contribution in [0.15, 0.2) is 45.8 Å². The lowest BCUT2D eigenvalue weighted by Crippen LogP contribution is -2.19. The monoisotopic (exact) mass is 487 g/mol. The van der Waals surface area contributed by atoms with Crippen LogP contribution in [-0.2, 0) is 19.5 Å². The smallest absolute Gasteiger partial charge is 0.339 e. The third-order valence-corrected chi connectivity index (χ3v) is 6.64. The standard InChI is InChI=1S/C19H19BrClNO5S/c1-12-4-6-16(20)18(9-12)22-28(24,25)14-5-7-17(21)15(10-14)19(23)27-11-13-3-2-8-26-13/h4-7,9-10,13,22H,2-3,8,11H2,1H3/t13-/m1/s1. The minimum absolute atomic E-state index is 0.00848. The fourth-order valence-corrected chi connectivity index (χ4v) is 4.54. The minimum atomic E-state index is -3.93. The van der Waals surface area contributed by atoms with Crippen LogP contribution >= 0.6 is 27.5 Å². The van der Waals surface area contributed by atoms with E-state index in [0.29, 0.717) is 16.8 Å². The Morgan fingerprint density at radius 2 is 2.11 bits per heavy atom. The average molecular weight is 489 g/mol. The molecular weight excluding hydrogens is 470 g/mol. The summed E-state index contributed by atoms with van der Waals surface area (Å²) in [5.41, 5.74) is 1.29. The van der Waals surface area contributed by atoms with Crippen molar-refractivity contribution in [3.05, 3.63) is 57.0 Å². The Hall–Kier alpha value is -1.61. The molecule has 1 fully saturated rings. The summed E-state index contributed by atoms with van der Waals surface area (Å²) in [5.74, 6) is -0.686. The first-order valence-corrected chi connectivity index (χ1v) is 11.3. The van der Waals surface area contributed by atoms with Crippen LogP contribution in [0.3, 0.4) is 0 Å². The van der Waals surface area contributed by atoms with Crippen molar-refractivity contribution in [2.24, 2.45) is 0 Å². The normalized spacial score (nSPS) is 16.8. The zero-order valence-electron chi connectivity index (χ0n) is 15.1. The van der Waals surface area contributed by atoms with Crippen molar-refractivity contribution >= 4 is 49.2 Å². The second kappa shape index (κ2) is 8.82. The highest BCUT2D eigenvalue weighted by atomic mass is 79.9. The maximum Gasteiger partial charge on any atom is 0.339 e. The third-order valence-electron chi connectivity index (χ3n) is 4.26. The number of rotatable bonds is 6. The van der Waals surface area contributed by atoms with E-state index in [0.717, 1.165) is 18.4 Å². The fraction of sp³-hybridized carbons (Fsp3) is 0.316. The number of carbonyl (C=O) groups excluding carboxylic acids is 1. The average Bonchev–Trinajstić information content (AvgIpc) is 3.16. The summed E-state index contributed by atoms with van der Waals surface area (Å²) in [6.45, 7) is 2.62. The molecule has 0 spiro atoms. The Bertz CT molecular complexity index is 990. The molecule has 0 radical (unpaired) electrons. The highest BCUT2D eigenvalue weighted by Crippen LogP contribution is 2.28. The van der Waals surface area contributed by atoms with Gasteiger partial charge in [-0.3, -0.25) is 4.72 Å². The van der Waals surface area contributed by atoms with Gasteiger partial charge in [-0.25, -0.2) is 13.2 Å². The predicted molar refractivity (Wildman–Crippen MR) is 110 cm³/mol. The van der Waals surface area contributed by atoms with Gasteiger partial charge in [-0.05, 0) is 71.6 Å². The Morgan fingerprint density at radius 1 is 1.32 bits per heavy atom. The summed E-state index contributed by atoms with van der Waals surface area (Å²) in [6.07, 6.45) is 1.62. The largest absolute Gasteiger partial charge is 0.459 e. The number of aryl methyl sites for hydroxylation is 1. The van der Waals surface area contributed by atoms with Gasteiger partial charge in [0, 0.05) is 11.1 Å². The van der Waals surface area contributed by atoms with E-state index in [1.165, 1.54) is 18.2 Å². The molecule has 6 nitrogen and oxygen atoms in total. The van der Waals surface area contributed by atoms with E-state index in [1.807, 2.05) is 13.0 Å². The van der Waals surface area contributed by atoms with Gasteiger partial charge < -0.3 is 9.47 Å². The molecule has 2 aromatic carbocycles. The zero-order chi connectivity index (χ0) is 20.3. The van der Waals surface area contributed by atoms with Crippen molar-refractivity contribution in [2.45, 2.75) is 30.8 Å². The van der Waals surface area contributed by atoms with E-state index >= 15 is 0 Å². The molecule has 0 saturated carbocycles. The molecule has 0 bridgehead atoms. The molecular formula is C19H19BrClNO5S. The van der Waals surface area contributed by atoms with E-state index < -0.39 is 16.0 Å². The fourth-order valence-electron chi connectivity index (χ4n) is 2.77. The molecule has 0 amide bonds. The SMILES string of the molecule is Cc1ccc(Br)c(NS(=O)(=O)c2ccc(Cl)c(C(=O)OC[C@H]3CCCO3)c2)c1. The van der Waals surface area contributed by atoms with Gasteiger partial charge in [0.25, 0.3) is 10.0 Å². The molecule has 28 heavy (non-hydrogen) atoms. The maximum atomic E-state index is 12.8. The van der Waals surface area contributed by atoms with E-state index in [9.17, 15) is 13.2 Å². The third kappa shape index (κ3) is 5.05. The van der Waals surface area contributed by atoms with Gasteiger partial charge in [0.05, 0.1) is 27.3 Å². The summed E-state index contributed by atoms with van der Waals surface area (Å²) in [5, 5.41) is 0.119. The van der Waals surface area contributed by atoms with Crippen LogP contribution < -0.4 is 4.72 Å². The molecule has 1 atom stereocenters. The maximum absolute atomic E-state index is 12.8. The summed E-state index contributed by atoms with van der Waals surface area (Å²) >= 11 is 9.41. The zero-order valence-corrected chi connectivity index (χ0v) is 18.2. The summed E-state index contributed by atoms with van der Waals surface area (Å²) < 4.78 is 39.3. The van der Waals surface area contributed by atoms with Crippen LogP contribution in [0.25, 0.3) is 0 Å². The van der Waals surface area contributed by atoms with Crippen molar-refractivity contribution in [3.8, 4) is 0 Å². The van der Waals surface area contributed by atoms with Gasteiger partial charge in [-0.15, -0.1) is 0 Å². The van der Waals surface area contributed by atoms with Gasteiger partial charge in [0.15, 0.2) is 0 Å². The molecule has 1 aliphatic heterocycles. The molecule has 150 valence electrons. The lowest BCUT2D eigenvalue weighted by molar-refractivity contribution is 0.0161. The number of anilines is 1. The van der Waals surface area contributed by atoms with Crippen molar-refractivity contribution in [1.29, 1.82) is 0 Å². The predicted octanol–water partition coefficient (Wildman–Crippen LogP) is 4.55. The minimum Gasteiger partial charge on any atom is -0.459 e. The summed E-state index contributed by atoms with van der Waals surface area (Å²) in [4.78, 5) is 12.3. The lowest BCUT2D eigenvalue weighted by Gasteiger charge is -2.13. The highest BCUT2D eigenvalue weighted by Gasteiger charge is 2.22. The molecule has 9 heteroatoms. The van der Waals surface area contributed by atoms with Crippen LogP contribution in [0.5, 0.6) is 0 Å². The lowest BCUT2D eigenvalue weighted by atomic mass is 10.2.